The average molecular weight is 284 g/mol. The average Bonchev–Trinajstić information content (AvgIpc) is 2.40. The molecule has 19 heavy (non-hydrogen) atoms. The molecule has 0 saturated carbocycles. The molecule has 0 N–H and O–H groups in total. The molecule has 0 aliphatic heterocycles. The predicted molar refractivity (Wildman–Crippen MR) is 80.6 cm³/mol. The molecule has 0 heterocycles. The highest BCUT2D eigenvalue weighted by atomic mass is 28.4. The van der Waals surface area contributed by atoms with E-state index >= 15 is 0 Å². The van der Waals surface area contributed by atoms with Crippen LogP contribution in [0.3, 0.4) is 0 Å². The Hall–Kier alpha value is -0.613. The Bertz CT molecular complexity index is 342. The second-order valence-electron chi connectivity index (χ2n) is 6.91. The first-order chi connectivity index (χ1) is 8.62. The number of hydrogen-bond acceptors (Lipinski definition) is 3. The lowest BCUT2D eigenvalue weighted by atomic mass is 10.1. The normalized spacial score (nSPS) is 24.9. The lowest BCUT2D eigenvalue weighted by molar-refractivity contribution is -0.147. The third kappa shape index (κ3) is 5.11. The van der Waals surface area contributed by atoms with Gasteiger partial charge in [-0.1, -0.05) is 32.9 Å². The Kier molecular flexibility index (Phi) is 5.39. The predicted octanol–water partition coefficient (Wildman–Crippen LogP) is 4.05. The zero-order chi connectivity index (χ0) is 14.7. The minimum Gasteiger partial charge on any atom is -0.462 e. The molecule has 3 nitrogen and oxygen atoms in total. The first kappa shape index (κ1) is 16.4. The monoisotopic (exact) mass is 284 g/mol. The minimum absolute atomic E-state index is 0.0361. The van der Waals surface area contributed by atoms with Crippen LogP contribution in [0.2, 0.25) is 18.1 Å². The molecule has 0 bridgehead atoms. The smallest absolute Gasteiger partial charge is 0.302 e. The summed E-state index contributed by atoms with van der Waals surface area (Å²) >= 11 is 0. The molecule has 0 aromatic rings. The Morgan fingerprint density at radius 2 is 1.68 bits per heavy atom. The van der Waals surface area contributed by atoms with Crippen LogP contribution in [0.25, 0.3) is 0 Å². The van der Waals surface area contributed by atoms with Gasteiger partial charge < -0.3 is 9.16 Å². The summed E-state index contributed by atoms with van der Waals surface area (Å²) in [6, 6.07) is 0. The second kappa shape index (κ2) is 6.22. The highest BCUT2D eigenvalue weighted by Crippen LogP contribution is 2.38. The number of hydrogen-bond donors (Lipinski definition) is 0. The van der Waals surface area contributed by atoms with Crippen molar-refractivity contribution in [2.24, 2.45) is 0 Å². The van der Waals surface area contributed by atoms with Crippen LogP contribution in [0.5, 0.6) is 0 Å². The van der Waals surface area contributed by atoms with Gasteiger partial charge in [0.05, 0.1) is 6.10 Å². The van der Waals surface area contributed by atoms with Crippen molar-refractivity contribution in [2.45, 2.75) is 77.3 Å². The molecule has 1 aliphatic carbocycles. The summed E-state index contributed by atoms with van der Waals surface area (Å²) < 4.78 is 11.8. The molecule has 2 atom stereocenters. The van der Waals surface area contributed by atoms with Gasteiger partial charge in [0.1, 0.15) is 6.10 Å². The highest BCUT2D eigenvalue weighted by Gasteiger charge is 2.39. The van der Waals surface area contributed by atoms with Crippen molar-refractivity contribution in [2.75, 3.05) is 0 Å². The van der Waals surface area contributed by atoms with Gasteiger partial charge in [-0.3, -0.25) is 4.79 Å². The third-order valence-electron chi connectivity index (χ3n) is 4.09. The Labute approximate surface area is 118 Å². The Morgan fingerprint density at radius 1 is 1.16 bits per heavy atom. The molecule has 4 heteroatoms. The van der Waals surface area contributed by atoms with Crippen molar-refractivity contribution >= 4 is 14.3 Å². The molecule has 0 amide bonds. The lowest BCUT2D eigenvalue weighted by Gasteiger charge is -2.39. The van der Waals surface area contributed by atoms with E-state index in [9.17, 15) is 4.79 Å². The van der Waals surface area contributed by atoms with E-state index in [0.29, 0.717) is 0 Å². The van der Waals surface area contributed by atoms with Gasteiger partial charge in [-0.2, -0.15) is 0 Å². The molecular formula is C15H28O3Si. The number of esters is 1. The summed E-state index contributed by atoms with van der Waals surface area (Å²) in [6.45, 7) is 12.7. The maximum atomic E-state index is 11.1. The summed E-state index contributed by atoms with van der Waals surface area (Å²) in [6.07, 6.45) is 6.92. The molecule has 0 aromatic heterocycles. The van der Waals surface area contributed by atoms with Crippen LogP contribution in [0, 0.1) is 0 Å². The zero-order valence-corrected chi connectivity index (χ0v) is 14.2. The molecule has 1 aliphatic rings. The number of ether oxygens (including phenoxy) is 1. The molecule has 0 aromatic carbocycles. The van der Waals surface area contributed by atoms with E-state index in [4.69, 9.17) is 9.16 Å². The van der Waals surface area contributed by atoms with E-state index in [-0.39, 0.29) is 23.2 Å². The number of carbonyl (C=O) groups is 1. The summed E-state index contributed by atoms with van der Waals surface area (Å²) in [5, 5.41) is 0.208. The summed E-state index contributed by atoms with van der Waals surface area (Å²) in [5.74, 6) is -0.202. The van der Waals surface area contributed by atoms with Crippen LogP contribution in [0.15, 0.2) is 12.2 Å². The van der Waals surface area contributed by atoms with Gasteiger partial charge in [0.25, 0.3) is 0 Å². The van der Waals surface area contributed by atoms with Crippen molar-refractivity contribution in [1.29, 1.82) is 0 Å². The molecular weight excluding hydrogens is 256 g/mol. The van der Waals surface area contributed by atoms with Gasteiger partial charge in [0.2, 0.25) is 0 Å². The number of rotatable bonds is 3. The van der Waals surface area contributed by atoms with E-state index in [1.54, 1.807) is 0 Å². The maximum Gasteiger partial charge on any atom is 0.302 e. The molecule has 0 fully saturated rings. The van der Waals surface area contributed by atoms with E-state index in [0.717, 1.165) is 19.3 Å². The van der Waals surface area contributed by atoms with Gasteiger partial charge >= 0.3 is 5.97 Å². The van der Waals surface area contributed by atoms with E-state index < -0.39 is 8.32 Å². The maximum absolute atomic E-state index is 11.1. The molecule has 0 radical (unpaired) electrons. The fourth-order valence-corrected chi connectivity index (χ4v) is 3.38. The summed E-state index contributed by atoms with van der Waals surface area (Å²) in [5.41, 5.74) is 0. The molecule has 1 rings (SSSR count). The number of carbonyl (C=O) groups excluding carboxylic acids is 1. The fraction of sp³-hybridized carbons (Fsp3) is 0.800. The largest absolute Gasteiger partial charge is 0.462 e. The quantitative estimate of drug-likeness (QED) is 0.445. The van der Waals surface area contributed by atoms with Crippen LogP contribution in [-0.4, -0.2) is 26.5 Å². The second-order valence-corrected chi connectivity index (χ2v) is 11.7. The van der Waals surface area contributed by atoms with Crippen molar-refractivity contribution in [3.05, 3.63) is 12.2 Å². The molecule has 0 saturated heterocycles. The summed E-state index contributed by atoms with van der Waals surface area (Å²) in [4.78, 5) is 11.1. The van der Waals surface area contributed by atoms with Crippen LogP contribution in [0.1, 0.15) is 47.0 Å². The van der Waals surface area contributed by atoms with Crippen molar-refractivity contribution < 1.29 is 14.0 Å². The fourth-order valence-electron chi connectivity index (χ4n) is 2.00. The van der Waals surface area contributed by atoms with E-state index in [2.05, 4.69) is 46.0 Å². The van der Waals surface area contributed by atoms with Crippen LogP contribution < -0.4 is 0 Å². The molecule has 110 valence electrons. The Morgan fingerprint density at radius 3 is 2.16 bits per heavy atom. The highest BCUT2D eigenvalue weighted by molar-refractivity contribution is 6.74. The van der Waals surface area contributed by atoms with E-state index in [1.807, 2.05) is 0 Å². The van der Waals surface area contributed by atoms with E-state index in [1.165, 1.54) is 6.92 Å². The van der Waals surface area contributed by atoms with Gasteiger partial charge in [0, 0.05) is 19.8 Å². The van der Waals surface area contributed by atoms with Gasteiger partial charge in [0.15, 0.2) is 8.32 Å². The van der Waals surface area contributed by atoms with Crippen LogP contribution >= 0.6 is 0 Å². The topological polar surface area (TPSA) is 35.5 Å². The third-order valence-corrected chi connectivity index (χ3v) is 8.63. The standard InChI is InChI=1S/C15H28O3Si/c1-12(16)17-13-9-7-8-10-14(11-13)18-19(5,6)15(2,3)4/h7-8,13-14H,9-11H2,1-6H3/t13-,14+/m0/s1. The van der Waals surface area contributed by atoms with Crippen molar-refractivity contribution in [1.82, 2.24) is 0 Å². The zero-order valence-electron chi connectivity index (χ0n) is 13.2. The van der Waals surface area contributed by atoms with Gasteiger partial charge in [-0.05, 0) is 24.6 Å². The lowest BCUT2D eigenvalue weighted by Crippen LogP contribution is -2.44. The van der Waals surface area contributed by atoms with Crippen molar-refractivity contribution in [3.63, 3.8) is 0 Å². The van der Waals surface area contributed by atoms with Crippen molar-refractivity contribution in [3.8, 4) is 0 Å². The van der Waals surface area contributed by atoms with Crippen LogP contribution in [-0.2, 0) is 14.0 Å². The van der Waals surface area contributed by atoms with Crippen LogP contribution in [0.4, 0.5) is 0 Å². The van der Waals surface area contributed by atoms with Gasteiger partial charge in [-0.25, -0.2) is 0 Å². The minimum atomic E-state index is -1.76. The van der Waals surface area contributed by atoms with Gasteiger partial charge in [-0.15, -0.1) is 0 Å². The Balaban J connectivity index is 2.67. The SMILES string of the molecule is CC(=O)O[C@H]1CC=CC[C@@H](O[Si](C)(C)C(C)(C)C)C1. The first-order valence-electron chi connectivity index (χ1n) is 7.12. The molecule has 0 spiro atoms. The summed E-state index contributed by atoms with van der Waals surface area (Å²) in [7, 11) is -1.76. The first-order valence-corrected chi connectivity index (χ1v) is 10.0. The molecule has 0 unspecified atom stereocenters.